The Morgan fingerprint density at radius 1 is 1.50 bits per heavy atom. The number of aryl methyl sites for hydroxylation is 1. The van der Waals surface area contributed by atoms with E-state index in [4.69, 9.17) is 15.4 Å². The van der Waals surface area contributed by atoms with E-state index < -0.39 is 0 Å². The number of nitriles is 1. The molecule has 92 valence electrons. The van der Waals surface area contributed by atoms with Crippen molar-refractivity contribution in [1.29, 1.82) is 5.26 Å². The lowest BCUT2D eigenvalue weighted by Crippen LogP contribution is -2.02. The lowest BCUT2D eigenvalue weighted by atomic mass is 10.1. The summed E-state index contributed by atoms with van der Waals surface area (Å²) >= 11 is 0. The molecule has 0 amide bonds. The molecule has 0 aliphatic rings. The van der Waals surface area contributed by atoms with Crippen molar-refractivity contribution in [2.45, 2.75) is 19.9 Å². The molecule has 0 aliphatic heterocycles. The molecule has 3 N–H and O–H groups in total. The van der Waals surface area contributed by atoms with E-state index in [1.165, 1.54) is 0 Å². The van der Waals surface area contributed by atoms with E-state index in [9.17, 15) is 0 Å². The predicted octanol–water partition coefficient (Wildman–Crippen LogP) is 2.30. The number of hydrogen-bond acceptors (Lipinski definition) is 5. The van der Waals surface area contributed by atoms with Crippen LogP contribution in [-0.2, 0) is 13.0 Å². The molecule has 0 atom stereocenters. The summed E-state index contributed by atoms with van der Waals surface area (Å²) in [5, 5.41) is 12.1. The highest BCUT2D eigenvalue weighted by molar-refractivity contribution is 5.62. The number of oxazole rings is 1. The molecule has 1 heterocycles. The van der Waals surface area contributed by atoms with Crippen LogP contribution in [0, 0.1) is 11.3 Å². The van der Waals surface area contributed by atoms with E-state index in [-0.39, 0.29) is 0 Å². The molecule has 0 fully saturated rings. The number of aromatic nitrogens is 1. The van der Waals surface area contributed by atoms with Crippen molar-refractivity contribution in [2.24, 2.45) is 0 Å². The standard InChI is InChI=1S/C13H14N4O/c1-2-11-7-17-13(18-11)8-16-12-4-3-10(15)5-9(12)6-14/h3-5,7,16H,2,8,15H2,1H3. The number of rotatable bonds is 4. The Kier molecular flexibility index (Phi) is 3.49. The first kappa shape index (κ1) is 12.0. The van der Waals surface area contributed by atoms with Crippen LogP contribution in [0.3, 0.4) is 0 Å². The first-order valence-electron chi connectivity index (χ1n) is 5.70. The van der Waals surface area contributed by atoms with Gasteiger partial charge in [0.25, 0.3) is 0 Å². The fourth-order valence-corrected chi connectivity index (χ4v) is 1.57. The first-order chi connectivity index (χ1) is 8.72. The molecule has 5 heteroatoms. The zero-order valence-corrected chi connectivity index (χ0v) is 10.1. The van der Waals surface area contributed by atoms with Gasteiger partial charge in [-0.05, 0) is 18.2 Å². The number of nitrogens with zero attached hydrogens (tertiary/aromatic N) is 2. The van der Waals surface area contributed by atoms with E-state index in [0.29, 0.717) is 23.7 Å². The summed E-state index contributed by atoms with van der Waals surface area (Å²) in [5.41, 5.74) is 7.43. The summed E-state index contributed by atoms with van der Waals surface area (Å²) in [6.07, 6.45) is 2.53. The predicted molar refractivity (Wildman–Crippen MR) is 68.8 cm³/mol. The number of benzene rings is 1. The fraction of sp³-hybridized carbons (Fsp3) is 0.231. The summed E-state index contributed by atoms with van der Waals surface area (Å²) in [4.78, 5) is 4.14. The molecule has 0 bridgehead atoms. The largest absolute Gasteiger partial charge is 0.444 e. The molecule has 1 aromatic carbocycles. The van der Waals surface area contributed by atoms with Gasteiger partial charge in [-0.1, -0.05) is 6.92 Å². The topological polar surface area (TPSA) is 87.9 Å². The van der Waals surface area contributed by atoms with Gasteiger partial charge in [0, 0.05) is 12.1 Å². The van der Waals surface area contributed by atoms with Gasteiger partial charge in [0.15, 0.2) is 0 Å². The number of anilines is 2. The molecule has 2 aromatic rings. The second kappa shape index (κ2) is 5.23. The summed E-state index contributed by atoms with van der Waals surface area (Å²) in [7, 11) is 0. The van der Waals surface area contributed by atoms with Crippen molar-refractivity contribution in [3.05, 3.63) is 41.6 Å². The highest BCUT2D eigenvalue weighted by atomic mass is 16.4. The zero-order valence-electron chi connectivity index (χ0n) is 10.1. The van der Waals surface area contributed by atoms with E-state index in [1.807, 2.05) is 6.92 Å². The molecular formula is C13H14N4O. The molecule has 18 heavy (non-hydrogen) atoms. The van der Waals surface area contributed by atoms with Crippen LogP contribution in [0.4, 0.5) is 11.4 Å². The van der Waals surface area contributed by atoms with Gasteiger partial charge < -0.3 is 15.5 Å². The first-order valence-corrected chi connectivity index (χ1v) is 5.70. The molecule has 0 aliphatic carbocycles. The molecular weight excluding hydrogens is 228 g/mol. The van der Waals surface area contributed by atoms with Gasteiger partial charge in [-0.2, -0.15) is 5.26 Å². The average Bonchev–Trinajstić information content (AvgIpc) is 2.85. The third-order valence-corrected chi connectivity index (χ3v) is 2.54. The van der Waals surface area contributed by atoms with Crippen molar-refractivity contribution in [3.8, 4) is 6.07 Å². The maximum atomic E-state index is 9.00. The molecule has 5 nitrogen and oxygen atoms in total. The molecule has 0 spiro atoms. The maximum Gasteiger partial charge on any atom is 0.213 e. The minimum absolute atomic E-state index is 0.443. The van der Waals surface area contributed by atoms with E-state index >= 15 is 0 Å². The molecule has 2 rings (SSSR count). The lowest BCUT2D eigenvalue weighted by Gasteiger charge is -2.06. The summed E-state index contributed by atoms with van der Waals surface area (Å²) in [6.45, 7) is 2.45. The van der Waals surface area contributed by atoms with Crippen LogP contribution in [0.5, 0.6) is 0 Å². The van der Waals surface area contributed by atoms with Gasteiger partial charge >= 0.3 is 0 Å². The molecule has 0 saturated heterocycles. The Balaban J connectivity index is 2.08. The monoisotopic (exact) mass is 242 g/mol. The van der Waals surface area contributed by atoms with Crippen molar-refractivity contribution < 1.29 is 4.42 Å². The van der Waals surface area contributed by atoms with Crippen LogP contribution >= 0.6 is 0 Å². The quantitative estimate of drug-likeness (QED) is 0.803. The normalized spacial score (nSPS) is 10.0. The lowest BCUT2D eigenvalue weighted by molar-refractivity contribution is 0.466. The van der Waals surface area contributed by atoms with Crippen LogP contribution < -0.4 is 11.1 Å². The van der Waals surface area contributed by atoms with Gasteiger partial charge in [-0.3, -0.25) is 0 Å². The summed E-state index contributed by atoms with van der Waals surface area (Å²) < 4.78 is 5.47. The van der Waals surface area contributed by atoms with Crippen LogP contribution in [0.1, 0.15) is 24.1 Å². The average molecular weight is 242 g/mol. The Hall–Kier alpha value is -2.48. The highest BCUT2D eigenvalue weighted by Crippen LogP contribution is 2.18. The Labute approximate surface area is 105 Å². The van der Waals surface area contributed by atoms with E-state index in [0.717, 1.165) is 17.9 Å². The van der Waals surface area contributed by atoms with Gasteiger partial charge in [-0.25, -0.2) is 4.98 Å². The van der Waals surface area contributed by atoms with Crippen molar-refractivity contribution in [1.82, 2.24) is 4.98 Å². The van der Waals surface area contributed by atoms with Crippen molar-refractivity contribution in [2.75, 3.05) is 11.1 Å². The second-order valence-electron chi connectivity index (χ2n) is 3.84. The van der Waals surface area contributed by atoms with Gasteiger partial charge in [-0.15, -0.1) is 0 Å². The molecule has 1 aromatic heterocycles. The SMILES string of the molecule is CCc1cnc(CNc2ccc(N)cc2C#N)o1. The third kappa shape index (κ3) is 2.61. The number of nitrogens with one attached hydrogen (secondary N) is 1. The Morgan fingerprint density at radius 3 is 3.00 bits per heavy atom. The van der Waals surface area contributed by atoms with Gasteiger partial charge in [0.05, 0.1) is 24.0 Å². The minimum Gasteiger partial charge on any atom is -0.444 e. The van der Waals surface area contributed by atoms with Gasteiger partial charge in [0.1, 0.15) is 11.8 Å². The molecule has 0 radical (unpaired) electrons. The molecule has 0 saturated carbocycles. The molecule has 0 unspecified atom stereocenters. The Bertz CT molecular complexity index is 583. The Morgan fingerprint density at radius 2 is 2.33 bits per heavy atom. The van der Waals surface area contributed by atoms with Crippen LogP contribution in [0.2, 0.25) is 0 Å². The van der Waals surface area contributed by atoms with Crippen LogP contribution in [0.15, 0.2) is 28.8 Å². The summed E-state index contributed by atoms with van der Waals surface area (Å²) in [5.74, 6) is 1.46. The third-order valence-electron chi connectivity index (χ3n) is 2.54. The van der Waals surface area contributed by atoms with E-state index in [1.54, 1.807) is 24.4 Å². The van der Waals surface area contributed by atoms with Crippen LogP contribution in [0.25, 0.3) is 0 Å². The van der Waals surface area contributed by atoms with Crippen molar-refractivity contribution in [3.63, 3.8) is 0 Å². The van der Waals surface area contributed by atoms with Crippen LogP contribution in [-0.4, -0.2) is 4.98 Å². The number of nitrogens with two attached hydrogens (primary N) is 1. The minimum atomic E-state index is 0.443. The smallest absolute Gasteiger partial charge is 0.213 e. The van der Waals surface area contributed by atoms with Crippen molar-refractivity contribution >= 4 is 11.4 Å². The fourth-order valence-electron chi connectivity index (χ4n) is 1.57. The number of hydrogen-bond donors (Lipinski definition) is 2. The zero-order chi connectivity index (χ0) is 13.0. The van der Waals surface area contributed by atoms with Gasteiger partial charge in [0.2, 0.25) is 5.89 Å². The second-order valence-corrected chi connectivity index (χ2v) is 3.84. The highest BCUT2D eigenvalue weighted by Gasteiger charge is 2.05. The van der Waals surface area contributed by atoms with E-state index in [2.05, 4.69) is 16.4 Å². The maximum absolute atomic E-state index is 9.00. The summed E-state index contributed by atoms with van der Waals surface area (Å²) in [6, 6.07) is 7.25. The number of nitrogen functional groups attached to an aromatic ring is 1.